The van der Waals surface area contributed by atoms with Crippen LogP contribution in [0.4, 0.5) is 0 Å². The Morgan fingerprint density at radius 3 is 2.53 bits per heavy atom. The van der Waals surface area contributed by atoms with Gasteiger partial charge in [-0.05, 0) is 25.8 Å². The molecular weight excluding hydrogens is 240 g/mol. The first kappa shape index (κ1) is 14.9. The topological polar surface area (TPSA) is 69.6 Å². The molecule has 1 rings (SSSR count). The van der Waals surface area contributed by atoms with Crippen LogP contribution in [0.2, 0.25) is 0 Å². The first-order valence-corrected chi connectivity index (χ1v) is 7.92. The van der Waals surface area contributed by atoms with E-state index in [0.29, 0.717) is 19.0 Å². The van der Waals surface area contributed by atoms with Gasteiger partial charge in [-0.2, -0.15) is 4.31 Å². The summed E-state index contributed by atoms with van der Waals surface area (Å²) in [6.45, 7) is 4.94. The van der Waals surface area contributed by atoms with Gasteiger partial charge in [0.2, 0.25) is 10.0 Å². The largest absolute Gasteiger partial charge is 0.395 e. The molecule has 17 heavy (non-hydrogen) atoms. The van der Waals surface area contributed by atoms with Crippen molar-refractivity contribution in [3.05, 3.63) is 0 Å². The standard InChI is InChI=1S/C11H24N2O3S/c1-10(2)12-6-3-9-17(15,16)13(7-8-14)11-4-5-11/h10-12,14H,3-9H2,1-2H3. The zero-order valence-corrected chi connectivity index (χ0v) is 11.5. The van der Waals surface area contributed by atoms with Crippen LogP contribution < -0.4 is 5.32 Å². The number of hydrogen-bond acceptors (Lipinski definition) is 4. The van der Waals surface area contributed by atoms with E-state index in [1.165, 1.54) is 4.31 Å². The molecule has 2 N–H and O–H groups in total. The summed E-state index contributed by atoms with van der Waals surface area (Å²) < 4.78 is 25.5. The molecule has 1 aliphatic rings. The maximum atomic E-state index is 12.0. The molecule has 1 saturated carbocycles. The van der Waals surface area contributed by atoms with Crippen molar-refractivity contribution in [2.45, 2.75) is 45.2 Å². The van der Waals surface area contributed by atoms with Crippen molar-refractivity contribution in [3.63, 3.8) is 0 Å². The summed E-state index contributed by atoms with van der Waals surface area (Å²) >= 11 is 0. The van der Waals surface area contributed by atoms with Crippen LogP contribution >= 0.6 is 0 Å². The fourth-order valence-electron chi connectivity index (χ4n) is 1.77. The lowest BCUT2D eigenvalue weighted by molar-refractivity contribution is 0.250. The van der Waals surface area contributed by atoms with Crippen LogP contribution in [0.5, 0.6) is 0 Å². The molecule has 0 amide bonds. The van der Waals surface area contributed by atoms with Crippen LogP contribution in [0.3, 0.4) is 0 Å². The third-order valence-corrected chi connectivity index (χ3v) is 4.76. The van der Waals surface area contributed by atoms with E-state index in [1.807, 2.05) is 13.8 Å². The lowest BCUT2D eigenvalue weighted by atomic mass is 10.4. The molecule has 0 aromatic carbocycles. The Labute approximate surface area is 104 Å². The van der Waals surface area contributed by atoms with Gasteiger partial charge in [0.15, 0.2) is 0 Å². The lowest BCUT2D eigenvalue weighted by Crippen LogP contribution is -2.38. The van der Waals surface area contributed by atoms with Crippen LogP contribution in [-0.2, 0) is 10.0 Å². The third kappa shape index (κ3) is 5.33. The summed E-state index contributed by atoms with van der Waals surface area (Å²) in [7, 11) is -3.19. The number of nitrogens with one attached hydrogen (secondary N) is 1. The molecule has 0 aromatic heterocycles. The van der Waals surface area contributed by atoms with Crippen molar-refractivity contribution in [1.82, 2.24) is 9.62 Å². The minimum Gasteiger partial charge on any atom is -0.395 e. The number of aliphatic hydroxyl groups is 1. The van der Waals surface area contributed by atoms with E-state index in [1.54, 1.807) is 0 Å². The monoisotopic (exact) mass is 264 g/mol. The Bertz CT molecular complexity index is 313. The zero-order valence-electron chi connectivity index (χ0n) is 10.7. The van der Waals surface area contributed by atoms with Gasteiger partial charge in [-0.3, -0.25) is 0 Å². The maximum absolute atomic E-state index is 12.0. The highest BCUT2D eigenvalue weighted by Gasteiger charge is 2.36. The highest BCUT2D eigenvalue weighted by molar-refractivity contribution is 7.89. The molecule has 0 atom stereocenters. The fraction of sp³-hybridized carbons (Fsp3) is 1.00. The van der Waals surface area contributed by atoms with E-state index < -0.39 is 10.0 Å². The van der Waals surface area contributed by atoms with Crippen molar-refractivity contribution in [2.75, 3.05) is 25.4 Å². The first-order chi connectivity index (χ1) is 7.97. The summed E-state index contributed by atoms with van der Waals surface area (Å²) in [5.41, 5.74) is 0. The number of sulfonamides is 1. The third-order valence-electron chi connectivity index (χ3n) is 2.76. The molecule has 0 bridgehead atoms. The second kappa shape index (κ2) is 6.68. The Morgan fingerprint density at radius 1 is 1.41 bits per heavy atom. The smallest absolute Gasteiger partial charge is 0.214 e. The van der Waals surface area contributed by atoms with Crippen LogP contribution in [0, 0.1) is 0 Å². The van der Waals surface area contributed by atoms with Crippen LogP contribution in [-0.4, -0.2) is 55.4 Å². The molecule has 0 unspecified atom stereocenters. The zero-order chi connectivity index (χ0) is 12.9. The summed E-state index contributed by atoms with van der Waals surface area (Å²) in [6, 6.07) is 0.528. The molecule has 1 fully saturated rings. The van der Waals surface area contributed by atoms with E-state index in [9.17, 15) is 8.42 Å². The molecule has 0 radical (unpaired) electrons. The highest BCUT2D eigenvalue weighted by Crippen LogP contribution is 2.29. The van der Waals surface area contributed by atoms with Gasteiger partial charge < -0.3 is 10.4 Å². The Morgan fingerprint density at radius 2 is 2.06 bits per heavy atom. The van der Waals surface area contributed by atoms with Gasteiger partial charge in [-0.1, -0.05) is 13.8 Å². The predicted molar refractivity (Wildman–Crippen MR) is 68.4 cm³/mol. The van der Waals surface area contributed by atoms with Crippen LogP contribution in [0.1, 0.15) is 33.1 Å². The molecule has 6 heteroatoms. The molecular formula is C11H24N2O3S. The minimum absolute atomic E-state index is 0.0972. The normalized spacial score (nSPS) is 17.0. The first-order valence-electron chi connectivity index (χ1n) is 6.31. The molecule has 0 heterocycles. The second-order valence-electron chi connectivity index (χ2n) is 4.84. The molecule has 0 spiro atoms. The quantitative estimate of drug-likeness (QED) is 0.582. The van der Waals surface area contributed by atoms with Gasteiger partial charge in [-0.25, -0.2) is 8.42 Å². The summed E-state index contributed by atoms with van der Waals surface area (Å²) in [6.07, 6.45) is 2.49. The molecule has 0 aliphatic heterocycles. The van der Waals surface area contributed by atoms with Crippen molar-refractivity contribution in [3.8, 4) is 0 Å². The molecule has 1 aliphatic carbocycles. The summed E-state index contributed by atoms with van der Waals surface area (Å²) in [4.78, 5) is 0. The van der Waals surface area contributed by atoms with E-state index >= 15 is 0 Å². The molecule has 0 saturated heterocycles. The highest BCUT2D eigenvalue weighted by atomic mass is 32.2. The van der Waals surface area contributed by atoms with Gasteiger partial charge in [0, 0.05) is 18.6 Å². The minimum atomic E-state index is -3.19. The van der Waals surface area contributed by atoms with Gasteiger partial charge in [0.25, 0.3) is 0 Å². The number of aliphatic hydroxyl groups excluding tert-OH is 1. The second-order valence-corrected chi connectivity index (χ2v) is 6.88. The van der Waals surface area contributed by atoms with E-state index in [4.69, 9.17) is 5.11 Å². The van der Waals surface area contributed by atoms with Gasteiger partial charge in [-0.15, -0.1) is 0 Å². The average Bonchev–Trinajstić information content (AvgIpc) is 3.04. The fourth-order valence-corrected chi connectivity index (χ4v) is 3.54. The Balaban J connectivity index is 2.37. The molecule has 102 valence electrons. The van der Waals surface area contributed by atoms with Gasteiger partial charge in [0.05, 0.1) is 12.4 Å². The number of hydrogen-bond donors (Lipinski definition) is 2. The Kier molecular flexibility index (Phi) is 5.85. The molecule has 5 nitrogen and oxygen atoms in total. The average molecular weight is 264 g/mol. The van der Waals surface area contributed by atoms with Crippen molar-refractivity contribution < 1.29 is 13.5 Å². The van der Waals surface area contributed by atoms with Crippen molar-refractivity contribution in [1.29, 1.82) is 0 Å². The van der Waals surface area contributed by atoms with Crippen LogP contribution in [0.25, 0.3) is 0 Å². The lowest BCUT2D eigenvalue weighted by Gasteiger charge is -2.20. The van der Waals surface area contributed by atoms with Crippen molar-refractivity contribution >= 4 is 10.0 Å². The Hall–Kier alpha value is -0.170. The van der Waals surface area contributed by atoms with E-state index in [2.05, 4.69) is 5.32 Å². The summed E-state index contributed by atoms with van der Waals surface area (Å²) in [5.74, 6) is 0.170. The van der Waals surface area contributed by atoms with Crippen LogP contribution in [0.15, 0.2) is 0 Å². The SMILES string of the molecule is CC(C)NCCCS(=O)(=O)N(CCO)C1CC1. The molecule has 0 aromatic rings. The maximum Gasteiger partial charge on any atom is 0.214 e. The number of rotatable bonds is 9. The predicted octanol–water partition coefficient (Wildman–Crippen LogP) is 0.161. The number of nitrogens with zero attached hydrogens (tertiary/aromatic N) is 1. The summed E-state index contributed by atoms with van der Waals surface area (Å²) in [5, 5.41) is 12.1. The van der Waals surface area contributed by atoms with Crippen molar-refractivity contribution in [2.24, 2.45) is 0 Å². The van der Waals surface area contributed by atoms with Gasteiger partial charge >= 0.3 is 0 Å². The van der Waals surface area contributed by atoms with E-state index in [0.717, 1.165) is 12.8 Å². The van der Waals surface area contributed by atoms with Gasteiger partial charge in [0.1, 0.15) is 0 Å². The van der Waals surface area contributed by atoms with E-state index in [-0.39, 0.29) is 24.9 Å².